The zero-order valence-corrected chi connectivity index (χ0v) is 11.7. The van der Waals surface area contributed by atoms with Crippen molar-refractivity contribution in [2.75, 3.05) is 0 Å². The fourth-order valence-corrected chi connectivity index (χ4v) is 2.56. The molecule has 0 radical (unpaired) electrons. The van der Waals surface area contributed by atoms with Gasteiger partial charge in [-0.25, -0.2) is 4.98 Å². The van der Waals surface area contributed by atoms with E-state index in [-0.39, 0.29) is 0 Å². The van der Waals surface area contributed by atoms with Crippen LogP contribution in [0.4, 0.5) is 0 Å². The first-order valence-corrected chi connectivity index (χ1v) is 7.02. The Balaban J connectivity index is 2.47. The Morgan fingerprint density at radius 3 is 2.53 bits per heavy atom. The summed E-state index contributed by atoms with van der Waals surface area (Å²) in [6.07, 6.45) is 6.33. The van der Waals surface area contributed by atoms with Gasteiger partial charge in [0.1, 0.15) is 11.4 Å². The molecule has 0 aliphatic rings. The van der Waals surface area contributed by atoms with E-state index in [9.17, 15) is 5.11 Å². The fraction of sp³-hybridized carbons (Fsp3) is 0.438. The number of aliphatic hydroxyl groups is 1. The molecule has 1 aromatic carbocycles. The summed E-state index contributed by atoms with van der Waals surface area (Å²) in [4.78, 5) is 4.41. The summed E-state index contributed by atoms with van der Waals surface area (Å²) in [7, 11) is 0. The van der Waals surface area contributed by atoms with Gasteiger partial charge in [-0.05, 0) is 18.4 Å². The summed E-state index contributed by atoms with van der Waals surface area (Å²) in [6, 6.07) is 9.84. The van der Waals surface area contributed by atoms with E-state index in [1.165, 1.54) is 0 Å². The van der Waals surface area contributed by atoms with Gasteiger partial charge in [-0.15, -0.1) is 0 Å². The minimum atomic E-state index is -0.991. The second kappa shape index (κ2) is 6.02. The smallest absolute Gasteiger partial charge is 0.147 e. The van der Waals surface area contributed by atoms with E-state index >= 15 is 0 Å². The first-order chi connectivity index (χ1) is 9.22. The van der Waals surface area contributed by atoms with Crippen LogP contribution < -0.4 is 0 Å². The van der Waals surface area contributed by atoms with Crippen molar-refractivity contribution in [1.82, 2.24) is 9.55 Å². The maximum absolute atomic E-state index is 11.2. The molecule has 3 nitrogen and oxygen atoms in total. The molecule has 0 amide bonds. The van der Waals surface area contributed by atoms with Crippen LogP contribution in [0.2, 0.25) is 0 Å². The molecule has 0 spiro atoms. The summed E-state index contributed by atoms with van der Waals surface area (Å²) >= 11 is 0. The van der Waals surface area contributed by atoms with Crippen LogP contribution in [0.25, 0.3) is 0 Å². The molecule has 1 N–H and O–H groups in total. The molecular formula is C16H22N2O. The predicted molar refractivity (Wildman–Crippen MR) is 76.9 cm³/mol. The number of rotatable bonds is 6. The lowest BCUT2D eigenvalue weighted by atomic mass is 9.88. The summed E-state index contributed by atoms with van der Waals surface area (Å²) in [6.45, 7) is 5.10. The van der Waals surface area contributed by atoms with Crippen molar-refractivity contribution in [2.24, 2.45) is 0 Å². The summed E-state index contributed by atoms with van der Waals surface area (Å²) in [5.41, 5.74) is -0.0743. The lowest BCUT2D eigenvalue weighted by Crippen LogP contribution is -2.31. The Bertz CT molecular complexity index is 506. The highest BCUT2D eigenvalue weighted by molar-refractivity contribution is 5.29. The highest BCUT2D eigenvalue weighted by Gasteiger charge is 2.34. The lowest BCUT2D eigenvalue weighted by Gasteiger charge is -2.28. The normalized spacial score (nSPS) is 14.3. The van der Waals surface area contributed by atoms with Gasteiger partial charge in [-0.2, -0.15) is 0 Å². The number of aryl methyl sites for hydroxylation is 1. The highest BCUT2D eigenvalue weighted by atomic mass is 16.3. The van der Waals surface area contributed by atoms with E-state index in [1.54, 1.807) is 6.20 Å². The van der Waals surface area contributed by atoms with Crippen LogP contribution in [0.15, 0.2) is 42.7 Å². The quantitative estimate of drug-likeness (QED) is 0.863. The molecule has 102 valence electrons. The Kier molecular flexibility index (Phi) is 4.38. The number of nitrogens with zero attached hydrogens (tertiary/aromatic N) is 2. The molecule has 1 unspecified atom stereocenters. The third kappa shape index (κ3) is 2.71. The van der Waals surface area contributed by atoms with Crippen molar-refractivity contribution in [1.29, 1.82) is 0 Å². The minimum Gasteiger partial charge on any atom is -0.377 e. The Labute approximate surface area is 114 Å². The van der Waals surface area contributed by atoms with E-state index < -0.39 is 5.60 Å². The SMILES string of the molecule is CCCn1ccnc1C(O)(CCC)c1ccccc1. The lowest BCUT2D eigenvalue weighted by molar-refractivity contribution is 0.0568. The van der Waals surface area contributed by atoms with Crippen LogP contribution in [-0.4, -0.2) is 14.7 Å². The Morgan fingerprint density at radius 2 is 1.89 bits per heavy atom. The molecule has 0 saturated carbocycles. The third-order valence-electron chi connectivity index (χ3n) is 3.41. The molecule has 0 fully saturated rings. The van der Waals surface area contributed by atoms with E-state index in [2.05, 4.69) is 23.4 Å². The highest BCUT2D eigenvalue weighted by Crippen LogP contribution is 2.33. The van der Waals surface area contributed by atoms with E-state index in [0.29, 0.717) is 6.42 Å². The first kappa shape index (κ1) is 13.8. The molecule has 3 heteroatoms. The van der Waals surface area contributed by atoms with Crippen LogP contribution in [0, 0.1) is 0 Å². The van der Waals surface area contributed by atoms with Gasteiger partial charge in [0.2, 0.25) is 0 Å². The monoisotopic (exact) mass is 258 g/mol. The average Bonchev–Trinajstić information content (AvgIpc) is 2.89. The number of hydrogen-bond donors (Lipinski definition) is 1. The number of benzene rings is 1. The molecule has 1 atom stereocenters. The van der Waals surface area contributed by atoms with Gasteiger partial charge in [0.15, 0.2) is 0 Å². The molecule has 2 rings (SSSR count). The molecule has 2 aromatic rings. The third-order valence-corrected chi connectivity index (χ3v) is 3.41. The van der Waals surface area contributed by atoms with Crippen LogP contribution in [0.3, 0.4) is 0 Å². The molecule has 19 heavy (non-hydrogen) atoms. The van der Waals surface area contributed by atoms with Crippen molar-refractivity contribution in [3.05, 3.63) is 54.1 Å². The van der Waals surface area contributed by atoms with Crippen molar-refractivity contribution in [3.63, 3.8) is 0 Å². The van der Waals surface area contributed by atoms with Crippen LogP contribution >= 0.6 is 0 Å². The van der Waals surface area contributed by atoms with Crippen LogP contribution in [-0.2, 0) is 12.1 Å². The van der Waals surface area contributed by atoms with Gasteiger partial charge in [0.05, 0.1) is 0 Å². The molecule has 0 aliphatic carbocycles. The average molecular weight is 258 g/mol. The van der Waals surface area contributed by atoms with Crippen LogP contribution in [0.1, 0.15) is 44.5 Å². The van der Waals surface area contributed by atoms with Gasteiger partial charge in [0, 0.05) is 18.9 Å². The van der Waals surface area contributed by atoms with Gasteiger partial charge in [0.25, 0.3) is 0 Å². The maximum atomic E-state index is 11.2. The summed E-state index contributed by atoms with van der Waals surface area (Å²) in [5.74, 6) is 0.752. The van der Waals surface area contributed by atoms with E-state index in [1.807, 2.05) is 36.5 Å². The van der Waals surface area contributed by atoms with Gasteiger partial charge >= 0.3 is 0 Å². The van der Waals surface area contributed by atoms with Crippen molar-refractivity contribution in [3.8, 4) is 0 Å². The topological polar surface area (TPSA) is 38.0 Å². The summed E-state index contributed by atoms with van der Waals surface area (Å²) < 4.78 is 2.06. The molecule has 0 saturated heterocycles. The van der Waals surface area contributed by atoms with E-state index in [4.69, 9.17) is 0 Å². The van der Waals surface area contributed by atoms with Gasteiger partial charge in [-0.3, -0.25) is 0 Å². The predicted octanol–water partition coefficient (Wildman–Crippen LogP) is 3.33. The molecular weight excluding hydrogens is 236 g/mol. The zero-order chi connectivity index (χ0) is 13.7. The van der Waals surface area contributed by atoms with Gasteiger partial charge < -0.3 is 9.67 Å². The second-order valence-electron chi connectivity index (χ2n) is 4.92. The first-order valence-electron chi connectivity index (χ1n) is 7.02. The molecule has 0 aliphatic heterocycles. The molecule has 1 aromatic heterocycles. The van der Waals surface area contributed by atoms with Crippen molar-refractivity contribution >= 4 is 0 Å². The van der Waals surface area contributed by atoms with Gasteiger partial charge in [-0.1, -0.05) is 50.6 Å². The largest absolute Gasteiger partial charge is 0.377 e. The number of hydrogen-bond acceptors (Lipinski definition) is 2. The Morgan fingerprint density at radius 1 is 1.16 bits per heavy atom. The summed E-state index contributed by atoms with van der Waals surface area (Å²) in [5, 5.41) is 11.2. The van der Waals surface area contributed by atoms with Crippen molar-refractivity contribution in [2.45, 2.75) is 45.3 Å². The maximum Gasteiger partial charge on any atom is 0.147 e. The van der Waals surface area contributed by atoms with Crippen LogP contribution in [0.5, 0.6) is 0 Å². The number of imidazole rings is 1. The Hall–Kier alpha value is -1.61. The standard InChI is InChI=1S/C16H22N2O/c1-3-10-16(19,14-8-6-5-7-9-14)15-17-11-13-18(15)12-4-2/h5-9,11,13,19H,3-4,10,12H2,1-2H3. The number of aromatic nitrogens is 2. The van der Waals surface area contributed by atoms with Crippen molar-refractivity contribution < 1.29 is 5.11 Å². The second-order valence-corrected chi connectivity index (χ2v) is 4.92. The fourth-order valence-electron chi connectivity index (χ4n) is 2.56. The minimum absolute atomic E-state index is 0.678. The van der Waals surface area contributed by atoms with E-state index in [0.717, 1.165) is 30.8 Å². The molecule has 1 heterocycles. The molecule has 0 bridgehead atoms. The zero-order valence-electron chi connectivity index (χ0n) is 11.7.